The molecule has 126 valence electrons. The number of carbonyl (C=O) groups excluding carboxylic acids is 2. The van der Waals surface area contributed by atoms with Gasteiger partial charge in [0.1, 0.15) is 17.2 Å². The Bertz CT molecular complexity index is 874. The Balaban J connectivity index is 1.68. The van der Waals surface area contributed by atoms with Crippen molar-refractivity contribution >= 4 is 21.8 Å². The molecule has 1 aliphatic rings. The third-order valence-corrected chi connectivity index (χ3v) is 5.48. The molecular weight excluding hydrogens is 332 g/mol. The summed E-state index contributed by atoms with van der Waals surface area (Å²) in [6, 6.07) is 9.20. The van der Waals surface area contributed by atoms with Crippen LogP contribution in [0.15, 0.2) is 52.0 Å². The predicted octanol–water partition coefficient (Wildman–Crippen LogP) is 1.17. The lowest BCUT2D eigenvalue weighted by molar-refractivity contribution is -0.121. The average Bonchev–Trinajstić information content (AvgIpc) is 3.09. The summed E-state index contributed by atoms with van der Waals surface area (Å²) >= 11 is 0. The lowest BCUT2D eigenvalue weighted by atomic mass is 10.2. The molecule has 8 heteroatoms. The monoisotopic (exact) mass is 348 g/mol. The molecule has 2 heterocycles. The van der Waals surface area contributed by atoms with Gasteiger partial charge in [-0.2, -0.15) is 0 Å². The molecule has 0 saturated heterocycles. The van der Waals surface area contributed by atoms with Crippen LogP contribution in [-0.2, 0) is 21.2 Å². The van der Waals surface area contributed by atoms with Crippen LogP contribution < -0.4 is 5.32 Å². The molecule has 1 N–H and O–H groups in total. The molecule has 0 spiro atoms. The molecule has 2 aromatic rings. The third-order valence-electron chi connectivity index (χ3n) is 3.69. The molecule has 1 aromatic carbocycles. The van der Waals surface area contributed by atoms with E-state index >= 15 is 0 Å². The van der Waals surface area contributed by atoms with Gasteiger partial charge in [-0.3, -0.25) is 9.59 Å². The Morgan fingerprint density at radius 1 is 1.25 bits per heavy atom. The summed E-state index contributed by atoms with van der Waals surface area (Å²) in [5, 5.41) is 2.67. The number of benzene rings is 1. The molecule has 0 radical (unpaired) electrons. The van der Waals surface area contributed by atoms with Crippen LogP contribution in [0, 0.1) is 0 Å². The molecule has 0 bridgehead atoms. The highest BCUT2D eigenvalue weighted by molar-refractivity contribution is 7.90. The SMILES string of the molecule is C[C@H](Cc1ccco1)NC(=O)CN1C(=O)c2ccccc2S1(=O)=O. The molecule has 0 saturated carbocycles. The van der Waals surface area contributed by atoms with Crippen LogP contribution in [-0.4, -0.2) is 37.1 Å². The van der Waals surface area contributed by atoms with Crippen molar-refractivity contribution in [2.45, 2.75) is 24.3 Å². The smallest absolute Gasteiger partial charge is 0.269 e. The zero-order valence-corrected chi connectivity index (χ0v) is 13.7. The first-order valence-electron chi connectivity index (χ1n) is 7.37. The van der Waals surface area contributed by atoms with Crippen molar-refractivity contribution in [3.05, 3.63) is 54.0 Å². The standard InChI is InChI=1S/C16H16N2O5S/c1-11(9-12-5-4-8-23-12)17-15(19)10-18-16(20)13-6-2-3-7-14(13)24(18,21)22/h2-8,11H,9-10H2,1H3,(H,17,19)/t11-/m1/s1. The Labute approximate surface area is 139 Å². The van der Waals surface area contributed by atoms with E-state index in [-0.39, 0.29) is 16.5 Å². The largest absolute Gasteiger partial charge is 0.469 e. The second kappa shape index (κ2) is 6.12. The molecule has 3 rings (SSSR count). The lowest BCUT2D eigenvalue weighted by Crippen LogP contribution is -2.43. The highest BCUT2D eigenvalue weighted by atomic mass is 32.2. The maximum absolute atomic E-state index is 12.4. The van der Waals surface area contributed by atoms with Crippen LogP contribution in [0.2, 0.25) is 0 Å². The fourth-order valence-corrected chi connectivity index (χ4v) is 4.14. The van der Waals surface area contributed by atoms with E-state index in [1.165, 1.54) is 18.4 Å². The van der Waals surface area contributed by atoms with Gasteiger partial charge in [0.25, 0.3) is 15.9 Å². The fourth-order valence-electron chi connectivity index (χ4n) is 2.62. The minimum Gasteiger partial charge on any atom is -0.469 e. The van der Waals surface area contributed by atoms with Gasteiger partial charge in [-0.05, 0) is 31.2 Å². The van der Waals surface area contributed by atoms with E-state index in [0.29, 0.717) is 16.5 Å². The summed E-state index contributed by atoms with van der Waals surface area (Å²) in [4.78, 5) is 24.3. The minimum absolute atomic E-state index is 0.0635. The van der Waals surface area contributed by atoms with E-state index in [0.717, 1.165) is 0 Å². The van der Waals surface area contributed by atoms with Gasteiger partial charge in [0, 0.05) is 12.5 Å². The van der Waals surface area contributed by atoms with Crippen molar-refractivity contribution in [2.75, 3.05) is 6.54 Å². The number of rotatable bonds is 5. The Morgan fingerprint density at radius 2 is 2.00 bits per heavy atom. The van der Waals surface area contributed by atoms with Crippen LogP contribution in [0.3, 0.4) is 0 Å². The maximum atomic E-state index is 12.4. The summed E-state index contributed by atoms with van der Waals surface area (Å²) in [6.45, 7) is 1.23. The number of hydrogen-bond donors (Lipinski definition) is 1. The quantitative estimate of drug-likeness (QED) is 0.875. The molecule has 1 aromatic heterocycles. The van der Waals surface area contributed by atoms with Crippen molar-refractivity contribution in [3.8, 4) is 0 Å². The summed E-state index contributed by atoms with van der Waals surface area (Å²) < 4.78 is 30.6. The molecule has 0 aliphatic carbocycles. The van der Waals surface area contributed by atoms with E-state index in [4.69, 9.17) is 4.42 Å². The van der Waals surface area contributed by atoms with Crippen LogP contribution in [0.1, 0.15) is 23.0 Å². The Morgan fingerprint density at radius 3 is 2.67 bits per heavy atom. The van der Waals surface area contributed by atoms with Crippen molar-refractivity contribution < 1.29 is 22.4 Å². The van der Waals surface area contributed by atoms with Gasteiger partial charge >= 0.3 is 0 Å². The maximum Gasteiger partial charge on any atom is 0.269 e. The third kappa shape index (κ3) is 2.92. The molecular formula is C16H16N2O5S. The molecule has 1 atom stereocenters. The normalized spacial score (nSPS) is 16.7. The van der Waals surface area contributed by atoms with Gasteiger partial charge in [-0.15, -0.1) is 0 Å². The number of sulfonamides is 1. The van der Waals surface area contributed by atoms with E-state index in [2.05, 4.69) is 5.32 Å². The number of fused-ring (bicyclic) bond motifs is 1. The molecule has 2 amide bonds. The van der Waals surface area contributed by atoms with Crippen LogP contribution in [0.5, 0.6) is 0 Å². The summed E-state index contributed by atoms with van der Waals surface area (Å²) in [7, 11) is -3.97. The van der Waals surface area contributed by atoms with Crippen LogP contribution >= 0.6 is 0 Å². The van der Waals surface area contributed by atoms with Crippen molar-refractivity contribution in [1.29, 1.82) is 0 Å². The summed E-state index contributed by atoms with van der Waals surface area (Å²) in [5.41, 5.74) is 0.0916. The van der Waals surface area contributed by atoms with Gasteiger partial charge in [0.05, 0.1) is 11.8 Å². The number of carbonyl (C=O) groups is 2. The molecule has 1 aliphatic heterocycles. The second-order valence-electron chi connectivity index (χ2n) is 5.57. The minimum atomic E-state index is -3.97. The lowest BCUT2D eigenvalue weighted by Gasteiger charge is -2.17. The van der Waals surface area contributed by atoms with Gasteiger partial charge in [0.2, 0.25) is 5.91 Å². The molecule has 0 fully saturated rings. The molecule has 7 nitrogen and oxygen atoms in total. The van der Waals surface area contributed by atoms with Crippen LogP contribution in [0.4, 0.5) is 0 Å². The van der Waals surface area contributed by atoms with Crippen molar-refractivity contribution in [2.24, 2.45) is 0 Å². The fraction of sp³-hybridized carbons (Fsp3) is 0.250. The van der Waals surface area contributed by atoms with Crippen molar-refractivity contribution in [1.82, 2.24) is 9.62 Å². The number of amides is 2. The van der Waals surface area contributed by atoms with E-state index in [9.17, 15) is 18.0 Å². The second-order valence-corrected chi connectivity index (χ2v) is 7.40. The number of nitrogens with one attached hydrogen (secondary N) is 1. The van der Waals surface area contributed by atoms with E-state index in [1.54, 1.807) is 31.2 Å². The van der Waals surface area contributed by atoms with Gasteiger partial charge < -0.3 is 9.73 Å². The highest BCUT2D eigenvalue weighted by Crippen LogP contribution is 2.29. The molecule has 0 unspecified atom stereocenters. The summed E-state index contributed by atoms with van der Waals surface area (Å²) in [5.74, 6) is -0.515. The van der Waals surface area contributed by atoms with Gasteiger partial charge in [-0.1, -0.05) is 12.1 Å². The number of nitrogens with zero attached hydrogens (tertiary/aromatic N) is 1. The predicted molar refractivity (Wildman–Crippen MR) is 84.7 cm³/mol. The first kappa shape index (κ1) is 16.3. The van der Waals surface area contributed by atoms with Crippen molar-refractivity contribution in [3.63, 3.8) is 0 Å². The first-order valence-corrected chi connectivity index (χ1v) is 8.81. The van der Waals surface area contributed by atoms with E-state index in [1.807, 2.05) is 0 Å². The zero-order valence-electron chi connectivity index (χ0n) is 12.9. The number of hydrogen-bond acceptors (Lipinski definition) is 5. The zero-order chi connectivity index (χ0) is 17.3. The Hall–Kier alpha value is -2.61. The first-order chi connectivity index (χ1) is 11.4. The average molecular weight is 348 g/mol. The molecule has 24 heavy (non-hydrogen) atoms. The van der Waals surface area contributed by atoms with Crippen LogP contribution in [0.25, 0.3) is 0 Å². The van der Waals surface area contributed by atoms with Gasteiger partial charge in [-0.25, -0.2) is 12.7 Å². The van der Waals surface area contributed by atoms with E-state index < -0.39 is 28.4 Å². The topological polar surface area (TPSA) is 96.7 Å². The summed E-state index contributed by atoms with van der Waals surface area (Å²) in [6.07, 6.45) is 2.01. The Kier molecular flexibility index (Phi) is 4.15. The highest BCUT2D eigenvalue weighted by Gasteiger charge is 2.41. The van der Waals surface area contributed by atoms with Gasteiger partial charge in [0.15, 0.2) is 0 Å². The number of furan rings is 1.